The second kappa shape index (κ2) is 7.02. The van der Waals surface area contributed by atoms with Gasteiger partial charge in [0.15, 0.2) is 11.6 Å². The Morgan fingerprint density at radius 1 is 1.20 bits per heavy atom. The van der Waals surface area contributed by atoms with E-state index in [0.29, 0.717) is 18.0 Å². The third kappa shape index (κ3) is 2.94. The molecule has 0 fully saturated rings. The SMILES string of the molecule is CCn1ncc2c1-c1cnc(N)c(c1)OC(C)c1cc(C)ccc1-c1nocc1C2. The van der Waals surface area contributed by atoms with E-state index in [-0.39, 0.29) is 6.10 Å². The van der Waals surface area contributed by atoms with Crippen LogP contribution in [-0.2, 0) is 13.0 Å². The lowest BCUT2D eigenvalue weighted by molar-refractivity contribution is 0.228. The van der Waals surface area contributed by atoms with Crippen LogP contribution in [0.2, 0.25) is 0 Å². The van der Waals surface area contributed by atoms with Crippen molar-refractivity contribution >= 4 is 5.82 Å². The van der Waals surface area contributed by atoms with Gasteiger partial charge in [0, 0.05) is 47.0 Å². The largest absolute Gasteiger partial charge is 0.482 e. The third-order valence-corrected chi connectivity index (χ3v) is 5.60. The van der Waals surface area contributed by atoms with Crippen LogP contribution in [0.15, 0.2) is 47.4 Å². The Morgan fingerprint density at radius 2 is 2.07 bits per heavy atom. The number of pyridine rings is 1. The molecular weight excluding hydrogens is 378 g/mol. The second-order valence-corrected chi connectivity index (χ2v) is 7.66. The fourth-order valence-corrected chi connectivity index (χ4v) is 4.10. The zero-order chi connectivity index (χ0) is 20.8. The van der Waals surface area contributed by atoms with E-state index in [1.165, 1.54) is 0 Å². The molecular formula is C23H23N5O2. The van der Waals surface area contributed by atoms with Crippen LogP contribution < -0.4 is 10.5 Å². The Hall–Kier alpha value is -3.61. The Bertz CT molecular complexity index is 1240. The maximum absolute atomic E-state index is 6.32. The first-order valence-electron chi connectivity index (χ1n) is 10.1. The van der Waals surface area contributed by atoms with Crippen molar-refractivity contribution in [3.05, 3.63) is 65.2 Å². The summed E-state index contributed by atoms with van der Waals surface area (Å²) in [6, 6.07) is 8.23. The van der Waals surface area contributed by atoms with E-state index < -0.39 is 0 Å². The van der Waals surface area contributed by atoms with Crippen molar-refractivity contribution in [2.75, 3.05) is 5.73 Å². The number of rotatable bonds is 1. The number of nitrogens with zero attached hydrogens (tertiary/aromatic N) is 4. The van der Waals surface area contributed by atoms with Crippen molar-refractivity contribution < 1.29 is 9.26 Å². The van der Waals surface area contributed by atoms with E-state index in [9.17, 15) is 0 Å². The highest BCUT2D eigenvalue weighted by Gasteiger charge is 2.24. The molecule has 5 rings (SSSR count). The Morgan fingerprint density at radius 3 is 2.90 bits per heavy atom. The topological polar surface area (TPSA) is 92.0 Å². The molecule has 3 aromatic heterocycles. The normalized spacial score (nSPS) is 15.2. The van der Waals surface area contributed by atoms with Crippen molar-refractivity contribution in [3.63, 3.8) is 0 Å². The molecule has 0 amide bonds. The van der Waals surface area contributed by atoms with Crippen LogP contribution in [0.3, 0.4) is 0 Å². The van der Waals surface area contributed by atoms with Crippen LogP contribution >= 0.6 is 0 Å². The van der Waals surface area contributed by atoms with Crippen molar-refractivity contribution in [2.24, 2.45) is 0 Å². The number of nitrogen functional groups attached to an aromatic ring is 1. The molecule has 0 spiro atoms. The first kappa shape index (κ1) is 18.4. The van der Waals surface area contributed by atoms with Crippen molar-refractivity contribution in [1.82, 2.24) is 19.9 Å². The molecule has 4 aromatic rings. The zero-order valence-corrected chi connectivity index (χ0v) is 17.2. The number of fused-ring (bicyclic) bond motifs is 7. The van der Waals surface area contributed by atoms with Crippen LogP contribution in [0.1, 0.15) is 42.2 Å². The van der Waals surface area contributed by atoms with Gasteiger partial charge in [0.1, 0.15) is 18.1 Å². The summed E-state index contributed by atoms with van der Waals surface area (Å²) in [4.78, 5) is 4.41. The average molecular weight is 401 g/mol. The average Bonchev–Trinajstić information content (AvgIpc) is 3.36. The monoisotopic (exact) mass is 401 g/mol. The summed E-state index contributed by atoms with van der Waals surface area (Å²) in [5.74, 6) is 0.923. The molecule has 4 heterocycles. The fourth-order valence-electron chi connectivity index (χ4n) is 4.10. The lowest BCUT2D eigenvalue weighted by Gasteiger charge is -2.21. The smallest absolute Gasteiger partial charge is 0.166 e. The zero-order valence-electron chi connectivity index (χ0n) is 17.2. The highest BCUT2D eigenvalue weighted by molar-refractivity contribution is 5.71. The van der Waals surface area contributed by atoms with Crippen LogP contribution in [-0.4, -0.2) is 19.9 Å². The van der Waals surface area contributed by atoms with E-state index in [1.807, 2.05) is 23.9 Å². The van der Waals surface area contributed by atoms with Gasteiger partial charge in [-0.15, -0.1) is 0 Å². The molecule has 7 nitrogen and oxygen atoms in total. The molecule has 0 radical (unpaired) electrons. The van der Waals surface area contributed by atoms with Crippen molar-refractivity contribution in [2.45, 2.75) is 39.8 Å². The number of hydrogen-bond donors (Lipinski definition) is 1. The van der Waals surface area contributed by atoms with E-state index in [1.54, 1.807) is 12.5 Å². The maximum Gasteiger partial charge on any atom is 0.166 e. The van der Waals surface area contributed by atoms with Gasteiger partial charge < -0.3 is 15.0 Å². The standard InChI is InChI=1S/C23H23N5O2/c1-4-28-22-15(11-26-28)8-17-12-29-27-21(17)18-6-5-13(2)7-19(18)14(3)30-20-9-16(22)10-25-23(20)24/h5-7,9-12,14H,4,8H2,1-3H3,(H2,24,25). The van der Waals surface area contributed by atoms with Gasteiger partial charge in [-0.1, -0.05) is 28.9 Å². The predicted octanol–water partition coefficient (Wildman–Crippen LogP) is 4.55. The van der Waals surface area contributed by atoms with Gasteiger partial charge in [-0.2, -0.15) is 5.10 Å². The Labute approximate surface area is 174 Å². The second-order valence-electron chi connectivity index (χ2n) is 7.66. The molecule has 0 aliphatic carbocycles. The first-order chi connectivity index (χ1) is 14.5. The summed E-state index contributed by atoms with van der Waals surface area (Å²) >= 11 is 0. The maximum atomic E-state index is 6.32. The van der Waals surface area contributed by atoms with Crippen LogP contribution in [0.4, 0.5) is 5.82 Å². The van der Waals surface area contributed by atoms with Crippen LogP contribution in [0.5, 0.6) is 5.75 Å². The van der Waals surface area contributed by atoms with Gasteiger partial charge in [0.25, 0.3) is 0 Å². The lowest BCUT2D eigenvalue weighted by atomic mass is 9.93. The third-order valence-electron chi connectivity index (χ3n) is 5.60. The molecule has 0 saturated heterocycles. The van der Waals surface area contributed by atoms with E-state index in [4.69, 9.17) is 15.0 Å². The predicted molar refractivity (Wildman–Crippen MR) is 114 cm³/mol. The molecule has 2 N–H and O–H groups in total. The van der Waals surface area contributed by atoms with Gasteiger partial charge in [0.05, 0.1) is 11.9 Å². The Kier molecular flexibility index (Phi) is 4.31. The van der Waals surface area contributed by atoms with Crippen LogP contribution in [0.25, 0.3) is 22.5 Å². The van der Waals surface area contributed by atoms with Crippen molar-refractivity contribution in [1.29, 1.82) is 0 Å². The van der Waals surface area contributed by atoms with E-state index in [0.717, 1.165) is 51.3 Å². The number of aromatic nitrogens is 4. The summed E-state index contributed by atoms with van der Waals surface area (Å²) in [5, 5.41) is 8.92. The molecule has 1 aliphatic rings. The van der Waals surface area contributed by atoms with Crippen LogP contribution in [0, 0.1) is 6.92 Å². The van der Waals surface area contributed by atoms with E-state index >= 15 is 0 Å². The number of anilines is 1. The molecule has 1 atom stereocenters. The Balaban J connectivity index is 1.79. The van der Waals surface area contributed by atoms with Gasteiger partial charge >= 0.3 is 0 Å². The molecule has 1 unspecified atom stereocenters. The highest BCUT2D eigenvalue weighted by atomic mass is 16.5. The number of hydrogen-bond acceptors (Lipinski definition) is 6. The van der Waals surface area contributed by atoms with Gasteiger partial charge in [-0.05, 0) is 26.8 Å². The van der Waals surface area contributed by atoms with Gasteiger partial charge in [-0.25, -0.2) is 4.98 Å². The van der Waals surface area contributed by atoms with Crippen molar-refractivity contribution in [3.8, 4) is 28.3 Å². The molecule has 7 heteroatoms. The molecule has 1 aliphatic heterocycles. The summed E-state index contributed by atoms with van der Waals surface area (Å²) in [7, 11) is 0. The number of aryl methyl sites for hydroxylation is 2. The molecule has 1 aromatic carbocycles. The summed E-state index contributed by atoms with van der Waals surface area (Å²) in [6.45, 7) is 6.88. The van der Waals surface area contributed by atoms with Gasteiger partial charge in [-0.3, -0.25) is 4.68 Å². The number of nitrogens with two attached hydrogens (primary N) is 1. The molecule has 152 valence electrons. The lowest BCUT2D eigenvalue weighted by Crippen LogP contribution is -2.09. The summed E-state index contributed by atoms with van der Waals surface area (Å²) in [6.07, 6.45) is 5.79. The quantitative estimate of drug-likeness (QED) is 0.503. The number of benzene rings is 1. The first-order valence-corrected chi connectivity index (χ1v) is 10.1. The fraction of sp³-hybridized carbons (Fsp3) is 0.261. The molecule has 0 saturated carbocycles. The molecule has 2 bridgehead atoms. The van der Waals surface area contributed by atoms with Gasteiger partial charge in [0.2, 0.25) is 0 Å². The minimum Gasteiger partial charge on any atom is -0.482 e. The highest BCUT2D eigenvalue weighted by Crippen LogP contribution is 2.38. The number of ether oxygens (including phenoxy) is 1. The minimum absolute atomic E-state index is 0.251. The summed E-state index contributed by atoms with van der Waals surface area (Å²) in [5.41, 5.74) is 14.2. The molecule has 30 heavy (non-hydrogen) atoms. The minimum atomic E-state index is -0.251. The van der Waals surface area contributed by atoms with E-state index in [2.05, 4.69) is 47.3 Å². The summed E-state index contributed by atoms with van der Waals surface area (Å²) < 4.78 is 13.7.